The predicted octanol–water partition coefficient (Wildman–Crippen LogP) is 4.41. The summed E-state index contributed by atoms with van der Waals surface area (Å²) in [6.45, 7) is 7.64. The average molecular weight is 448 g/mol. The molecule has 2 aromatic carbocycles. The Balaban J connectivity index is 1.94. The van der Waals surface area contributed by atoms with Crippen LogP contribution in [0.15, 0.2) is 54.6 Å². The van der Waals surface area contributed by atoms with E-state index in [4.69, 9.17) is 21.0 Å². The molecule has 1 N–H and O–H groups in total. The predicted molar refractivity (Wildman–Crippen MR) is 131 cm³/mol. The zero-order valence-electron chi connectivity index (χ0n) is 19.9. The Morgan fingerprint density at radius 3 is 2.45 bits per heavy atom. The standard InChI is InChI=1S/C27H33N3O3/c1-6-16-32-19-23(31)17-30(20(2)3)18-25-26(22-10-8-7-9-11-22)28-29(5)27(25)33-24-14-12-21(4)13-15-24/h1,7-15,20,23,31H,16-19H2,2-5H3. The van der Waals surface area contributed by atoms with Gasteiger partial charge in [0.1, 0.15) is 18.1 Å². The summed E-state index contributed by atoms with van der Waals surface area (Å²) in [7, 11) is 1.89. The van der Waals surface area contributed by atoms with Gasteiger partial charge in [0.2, 0.25) is 5.88 Å². The van der Waals surface area contributed by atoms with E-state index in [0.717, 1.165) is 22.6 Å². The van der Waals surface area contributed by atoms with Crippen molar-refractivity contribution < 1.29 is 14.6 Å². The first-order valence-electron chi connectivity index (χ1n) is 11.2. The second kappa shape index (κ2) is 11.7. The number of nitrogens with zero attached hydrogens (tertiary/aromatic N) is 3. The van der Waals surface area contributed by atoms with E-state index in [-0.39, 0.29) is 19.3 Å². The summed E-state index contributed by atoms with van der Waals surface area (Å²) in [6.07, 6.45) is 4.58. The largest absolute Gasteiger partial charge is 0.439 e. The molecular formula is C27H33N3O3. The van der Waals surface area contributed by atoms with Crippen molar-refractivity contribution in [3.8, 4) is 35.2 Å². The summed E-state index contributed by atoms with van der Waals surface area (Å²) in [5.41, 5.74) is 4.02. The molecule has 6 nitrogen and oxygen atoms in total. The molecule has 3 rings (SSSR count). The number of aryl methyl sites for hydroxylation is 2. The van der Waals surface area contributed by atoms with Crippen LogP contribution in [-0.4, -0.2) is 51.7 Å². The first-order valence-corrected chi connectivity index (χ1v) is 11.2. The number of ether oxygens (including phenoxy) is 2. The topological polar surface area (TPSA) is 59.8 Å². The molecule has 1 aromatic heterocycles. The fourth-order valence-electron chi connectivity index (χ4n) is 3.61. The lowest BCUT2D eigenvalue weighted by molar-refractivity contribution is 0.0191. The van der Waals surface area contributed by atoms with Gasteiger partial charge in [-0.15, -0.1) is 6.42 Å². The minimum Gasteiger partial charge on any atom is -0.439 e. The van der Waals surface area contributed by atoms with Gasteiger partial charge in [-0.05, 0) is 32.9 Å². The van der Waals surface area contributed by atoms with Crippen molar-refractivity contribution in [2.45, 2.75) is 39.5 Å². The number of hydrogen-bond donors (Lipinski definition) is 1. The lowest BCUT2D eigenvalue weighted by Gasteiger charge is -2.29. The van der Waals surface area contributed by atoms with E-state index >= 15 is 0 Å². The SMILES string of the molecule is C#CCOCC(O)CN(Cc1c(-c2ccccc2)nn(C)c1Oc1ccc(C)cc1)C(C)C. The zero-order chi connectivity index (χ0) is 23.8. The Morgan fingerprint density at radius 2 is 1.82 bits per heavy atom. The van der Waals surface area contributed by atoms with Crippen LogP contribution in [0.3, 0.4) is 0 Å². The van der Waals surface area contributed by atoms with E-state index in [2.05, 4.69) is 24.7 Å². The van der Waals surface area contributed by atoms with Crippen molar-refractivity contribution in [1.29, 1.82) is 0 Å². The minimum atomic E-state index is -0.654. The number of aliphatic hydroxyl groups excluding tert-OH is 1. The molecule has 0 spiro atoms. The molecule has 1 unspecified atom stereocenters. The molecule has 0 aliphatic heterocycles. The molecule has 6 heteroatoms. The third kappa shape index (κ3) is 6.69. The molecule has 174 valence electrons. The molecule has 0 radical (unpaired) electrons. The Hall–Kier alpha value is -3.11. The fraction of sp³-hybridized carbons (Fsp3) is 0.370. The number of rotatable bonds is 11. The molecule has 0 aliphatic rings. The Morgan fingerprint density at radius 1 is 1.12 bits per heavy atom. The van der Waals surface area contributed by atoms with Gasteiger partial charge in [0, 0.05) is 31.7 Å². The average Bonchev–Trinajstić information content (AvgIpc) is 3.10. The van der Waals surface area contributed by atoms with Crippen molar-refractivity contribution in [2.75, 3.05) is 19.8 Å². The number of aromatic nitrogens is 2. The maximum absolute atomic E-state index is 10.5. The summed E-state index contributed by atoms with van der Waals surface area (Å²) in [5, 5.41) is 15.3. The lowest BCUT2D eigenvalue weighted by atomic mass is 10.1. The molecule has 1 heterocycles. The maximum Gasteiger partial charge on any atom is 0.222 e. The van der Waals surface area contributed by atoms with Gasteiger partial charge in [-0.1, -0.05) is 53.9 Å². The molecule has 0 amide bonds. The van der Waals surface area contributed by atoms with Crippen LogP contribution in [-0.2, 0) is 18.3 Å². The highest BCUT2D eigenvalue weighted by molar-refractivity contribution is 5.65. The van der Waals surface area contributed by atoms with E-state index in [9.17, 15) is 5.11 Å². The second-order valence-electron chi connectivity index (χ2n) is 8.43. The van der Waals surface area contributed by atoms with Crippen molar-refractivity contribution in [3.63, 3.8) is 0 Å². The fourth-order valence-corrected chi connectivity index (χ4v) is 3.61. The van der Waals surface area contributed by atoms with Crippen LogP contribution in [0.5, 0.6) is 11.6 Å². The smallest absolute Gasteiger partial charge is 0.222 e. The van der Waals surface area contributed by atoms with E-state index in [1.165, 1.54) is 5.56 Å². The van der Waals surface area contributed by atoms with Crippen molar-refractivity contribution >= 4 is 0 Å². The molecule has 0 bridgehead atoms. The quantitative estimate of drug-likeness (QED) is 0.349. The zero-order valence-corrected chi connectivity index (χ0v) is 19.9. The van der Waals surface area contributed by atoms with Gasteiger partial charge in [0.25, 0.3) is 0 Å². The summed E-state index contributed by atoms with van der Waals surface area (Å²) < 4.78 is 13.4. The number of aliphatic hydroxyl groups is 1. The molecule has 0 saturated heterocycles. The second-order valence-corrected chi connectivity index (χ2v) is 8.43. The molecular weight excluding hydrogens is 414 g/mol. The maximum atomic E-state index is 10.5. The number of terminal acetylenes is 1. The van der Waals surface area contributed by atoms with Crippen LogP contribution in [0.25, 0.3) is 11.3 Å². The van der Waals surface area contributed by atoms with Gasteiger partial charge in [-0.25, -0.2) is 4.68 Å². The van der Waals surface area contributed by atoms with E-state index in [1.54, 1.807) is 4.68 Å². The summed E-state index contributed by atoms with van der Waals surface area (Å²) in [5.74, 6) is 3.86. The van der Waals surface area contributed by atoms with Crippen molar-refractivity contribution in [1.82, 2.24) is 14.7 Å². The molecule has 0 saturated carbocycles. The van der Waals surface area contributed by atoms with Gasteiger partial charge in [0.05, 0.1) is 18.3 Å². The third-order valence-electron chi connectivity index (χ3n) is 5.40. The van der Waals surface area contributed by atoms with Crippen molar-refractivity contribution in [3.05, 3.63) is 65.7 Å². The van der Waals surface area contributed by atoms with E-state index in [0.29, 0.717) is 19.0 Å². The van der Waals surface area contributed by atoms with E-state index in [1.807, 2.05) is 68.6 Å². The molecule has 33 heavy (non-hydrogen) atoms. The molecule has 3 aromatic rings. The van der Waals surface area contributed by atoms with Crippen LogP contribution in [0.4, 0.5) is 0 Å². The minimum absolute atomic E-state index is 0.184. The Kier molecular flexibility index (Phi) is 8.67. The Labute approximate surface area is 196 Å². The van der Waals surface area contributed by atoms with Crippen LogP contribution in [0, 0.1) is 19.3 Å². The molecule has 0 aliphatic carbocycles. The van der Waals surface area contributed by atoms with Crippen LogP contribution < -0.4 is 4.74 Å². The summed E-state index contributed by atoms with van der Waals surface area (Å²) >= 11 is 0. The van der Waals surface area contributed by atoms with E-state index < -0.39 is 6.10 Å². The first-order chi connectivity index (χ1) is 15.9. The number of benzene rings is 2. The van der Waals surface area contributed by atoms with Crippen LogP contribution in [0.1, 0.15) is 25.0 Å². The van der Waals surface area contributed by atoms with Crippen LogP contribution in [0.2, 0.25) is 0 Å². The highest BCUT2D eigenvalue weighted by atomic mass is 16.5. The number of hydrogen-bond acceptors (Lipinski definition) is 5. The highest BCUT2D eigenvalue weighted by Crippen LogP contribution is 2.34. The molecule has 1 atom stereocenters. The van der Waals surface area contributed by atoms with Crippen molar-refractivity contribution in [2.24, 2.45) is 7.05 Å². The summed E-state index contributed by atoms with van der Waals surface area (Å²) in [6, 6.07) is 18.2. The Bertz CT molecular complexity index is 1050. The van der Waals surface area contributed by atoms with Gasteiger partial charge in [-0.2, -0.15) is 5.10 Å². The van der Waals surface area contributed by atoms with Gasteiger partial charge >= 0.3 is 0 Å². The normalized spacial score (nSPS) is 12.2. The van der Waals surface area contributed by atoms with Gasteiger partial charge in [0.15, 0.2) is 0 Å². The van der Waals surface area contributed by atoms with Gasteiger partial charge in [-0.3, -0.25) is 4.90 Å². The highest BCUT2D eigenvalue weighted by Gasteiger charge is 2.24. The van der Waals surface area contributed by atoms with Crippen LogP contribution >= 0.6 is 0 Å². The van der Waals surface area contributed by atoms with Gasteiger partial charge < -0.3 is 14.6 Å². The first kappa shape index (κ1) is 24.5. The monoisotopic (exact) mass is 447 g/mol. The summed E-state index contributed by atoms with van der Waals surface area (Å²) in [4.78, 5) is 2.19. The molecule has 0 fully saturated rings. The lowest BCUT2D eigenvalue weighted by Crippen LogP contribution is -2.39. The third-order valence-corrected chi connectivity index (χ3v) is 5.40.